The molecular weight excluding hydrogens is 311 g/mol. The molecule has 0 N–H and O–H groups in total. The van der Waals surface area contributed by atoms with Crippen LogP contribution in [-0.4, -0.2) is 12.4 Å². The second kappa shape index (κ2) is 6.48. The van der Waals surface area contributed by atoms with Crippen LogP contribution in [0.3, 0.4) is 0 Å². The first-order valence-corrected chi connectivity index (χ1v) is 6.62. The van der Waals surface area contributed by atoms with Crippen molar-refractivity contribution in [2.45, 2.75) is 6.42 Å². The molecule has 0 saturated heterocycles. The molecule has 2 aromatic carbocycles. The van der Waals surface area contributed by atoms with Gasteiger partial charge in [0, 0.05) is 12.0 Å². The van der Waals surface area contributed by atoms with E-state index in [9.17, 15) is 9.18 Å². The number of rotatable bonds is 5. The normalized spacial score (nSPS) is 10.2. The molecule has 0 fully saturated rings. The van der Waals surface area contributed by atoms with Crippen LogP contribution >= 0.6 is 15.9 Å². The zero-order valence-electron chi connectivity index (χ0n) is 10.1. The number of hydrogen-bond donors (Lipinski definition) is 0. The summed E-state index contributed by atoms with van der Waals surface area (Å²) in [4.78, 5) is 11.8. The summed E-state index contributed by atoms with van der Waals surface area (Å²) >= 11 is 3.08. The Labute approximate surface area is 119 Å². The Bertz CT molecular complexity index is 570. The molecule has 0 aliphatic heterocycles. The maximum Gasteiger partial charge on any atom is 0.166 e. The third kappa shape index (κ3) is 3.89. The molecule has 0 aromatic heterocycles. The summed E-state index contributed by atoms with van der Waals surface area (Å²) in [6, 6.07) is 13.5. The van der Waals surface area contributed by atoms with E-state index in [1.807, 2.05) is 18.2 Å². The number of ether oxygens (including phenoxy) is 1. The molecule has 0 radical (unpaired) electrons. The Morgan fingerprint density at radius 3 is 2.58 bits per heavy atom. The minimum absolute atomic E-state index is 0.0294. The Morgan fingerprint density at radius 1 is 1.16 bits per heavy atom. The second-order valence-electron chi connectivity index (χ2n) is 3.96. The van der Waals surface area contributed by atoms with E-state index in [1.54, 1.807) is 18.2 Å². The number of hydrogen-bond acceptors (Lipinski definition) is 2. The minimum atomic E-state index is -0.340. The van der Waals surface area contributed by atoms with Crippen LogP contribution in [0.5, 0.6) is 5.75 Å². The van der Waals surface area contributed by atoms with Crippen molar-refractivity contribution in [2.75, 3.05) is 6.61 Å². The number of benzene rings is 2. The van der Waals surface area contributed by atoms with Crippen LogP contribution in [0.4, 0.5) is 4.39 Å². The summed E-state index contributed by atoms with van der Waals surface area (Å²) in [5.41, 5.74) is 0.673. The van der Waals surface area contributed by atoms with Crippen LogP contribution < -0.4 is 4.74 Å². The fraction of sp³-hybridized carbons (Fsp3) is 0.133. The molecule has 0 bridgehead atoms. The number of carbonyl (C=O) groups is 1. The van der Waals surface area contributed by atoms with Crippen LogP contribution in [0.2, 0.25) is 0 Å². The van der Waals surface area contributed by atoms with E-state index in [0.29, 0.717) is 22.2 Å². The Hall–Kier alpha value is -1.68. The first-order chi connectivity index (χ1) is 9.16. The quantitative estimate of drug-likeness (QED) is 0.769. The fourth-order valence-electron chi connectivity index (χ4n) is 1.60. The third-order valence-electron chi connectivity index (χ3n) is 2.58. The highest BCUT2D eigenvalue weighted by Gasteiger charge is 2.06. The molecule has 2 aromatic rings. The van der Waals surface area contributed by atoms with Gasteiger partial charge in [-0.1, -0.05) is 30.3 Å². The Kier molecular flexibility index (Phi) is 4.68. The van der Waals surface area contributed by atoms with Crippen LogP contribution in [0, 0.1) is 5.82 Å². The molecule has 0 atom stereocenters. The minimum Gasteiger partial charge on any atom is -0.493 e. The molecule has 0 unspecified atom stereocenters. The van der Waals surface area contributed by atoms with Crippen molar-refractivity contribution in [1.29, 1.82) is 0 Å². The summed E-state index contributed by atoms with van der Waals surface area (Å²) in [5, 5.41) is 0. The predicted octanol–water partition coefficient (Wildman–Crippen LogP) is 4.24. The van der Waals surface area contributed by atoms with Gasteiger partial charge in [-0.3, -0.25) is 4.79 Å². The van der Waals surface area contributed by atoms with Gasteiger partial charge >= 0.3 is 0 Å². The summed E-state index contributed by atoms with van der Waals surface area (Å²) < 4.78 is 18.8. The van der Waals surface area contributed by atoms with Crippen molar-refractivity contribution in [3.63, 3.8) is 0 Å². The van der Waals surface area contributed by atoms with Gasteiger partial charge in [0.2, 0.25) is 0 Å². The van der Waals surface area contributed by atoms with Gasteiger partial charge in [-0.15, -0.1) is 0 Å². The van der Waals surface area contributed by atoms with Crippen LogP contribution in [0.1, 0.15) is 16.8 Å². The first kappa shape index (κ1) is 13.7. The van der Waals surface area contributed by atoms with Gasteiger partial charge in [0.1, 0.15) is 11.6 Å². The molecule has 98 valence electrons. The highest BCUT2D eigenvalue weighted by atomic mass is 79.9. The number of halogens is 2. The Balaban J connectivity index is 1.87. The van der Waals surface area contributed by atoms with Crippen molar-refractivity contribution in [2.24, 2.45) is 0 Å². The zero-order valence-corrected chi connectivity index (χ0v) is 11.7. The summed E-state index contributed by atoms with van der Waals surface area (Å²) in [6.07, 6.45) is 0.291. The maximum absolute atomic E-state index is 13.0. The van der Waals surface area contributed by atoms with Crippen LogP contribution in [-0.2, 0) is 0 Å². The summed E-state index contributed by atoms with van der Waals surface area (Å²) in [7, 11) is 0. The Morgan fingerprint density at radius 2 is 1.89 bits per heavy atom. The lowest BCUT2D eigenvalue weighted by Gasteiger charge is -2.06. The van der Waals surface area contributed by atoms with Crippen molar-refractivity contribution in [1.82, 2.24) is 0 Å². The molecule has 0 aliphatic rings. The molecule has 4 heteroatoms. The molecule has 2 nitrogen and oxygen atoms in total. The molecular formula is C15H12BrFO2. The topological polar surface area (TPSA) is 26.3 Å². The highest BCUT2D eigenvalue weighted by Crippen LogP contribution is 2.21. The van der Waals surface area contributed by atoms with E-state index in [1.165, 1.54) is 12.1 Å². The number of Topliss-reactive ketones (excluding diaryl/α,β-unsaturated/α-hetero) is 1. The summed E-state index contributed by atoms with van der Waals surface area (Å²) in [5.74, 6) is 0.226. The standard InChI is InChI=1S/C15H12BrFO2/c16-13-10-12(6-7-14(13)17)19-9-8-15(18)11-4-2-1-3-5-11/h1-7,10H,8-9H2. The van der Waals surface area contributed by atoms with Crippen molar-refractivity contribution >= 4 is 21.7 Å². The number of carbonyl (C=O) groups excluding carboxylic acids is 1. The van der Waals surface area contributed by atoms with E-state index < -0.39 is 0 Å². The highest BCUT2D eigenvalue weighted by molar-refractivity contribution is 9.10. The summed E-state index contributed by atoms with van der Waals surface area (Å²) in [6.45, 7) is 0.270. The van der Waals surface area contributed by atoms with Crippen molar-refractivity contribution in [3.8, 4) is 5.75 Å². The van der Waals surface area contributed by atoms with Gasteiger partial charge in [0.25, 0.3) is 0 Å². The second-order valence-corrected chi connectivity index (χ2v) is 4.82. The largest absolute Gasteiger partial charge is 0.493 e. The van der Waals surface area contributed by atoms with Crippen molar-refractivity contribution < 1.29 is 13.9 Å². The van der Waals surface area contributed by atoms with Crippen LogP contribution in [0.15, 0.2) is 53.0 Å². The lowest BCUT2D eigenvalue weighted by atomic mass is 10.1. The lowest BCUT2D eigenvalue weighted by Crippen LogP contribution is -2.06. The average molecular weight is 323 g/mol. The van der Waals surface area contributed by atoms with Gasteiger partial charge in [-0.05, 0) is 34.1 Å². The van der Waals surface area contributed by atoms with Gasteiger partial charge < -0.3 is 4.74 Å². The van der Waals surface area contributed by atoms with E-state index >= 15 is 0 Å². The first-order valence-electron chi connectivity index (χ1n) is 5.83. The molecule has 0 heterocycles. The van der Waals surface area contributed by atoms with E-state index in [4.69, 9.17) is 4.74 Å². The molecule has 0 spiro atoms. The van der Waals surface area contributed by atoms with Crippen molar-refractivity contribution in [3.05, 3.63) is 64.4 Å². The van der Waals surface area contributed by atoms with E-state index in [-0.39, 0.29) is 18.2 Å². The monoisotopic (exact) mass is 322 g/mol. The van der Waals surface area contributed by atoms with E-state index in [0.717, 1.165) is 0 Å². The molecule has 0 saturated carbocycles. The maximum atomic E-state index is 13.0. The third-order valence-corrected chi connectivity index (χ3v) is 3.19. The molecule has 0 aliphatic carbocycles. The number of ketones is 1. The van der Waals surface area contributed by atoms with Gasteiger partial charge in [0.05, 0.1) is 11.1 Å². The van der Waals surface area contributed by atoms with Crippen LogP contribution in [0.25, 0.3) is 0 Å². The van der Waals surface area contributed by atoms with Gasteiger partial charge in [0.15, 0.2) is 5.78 Å². The van der Waals surface area contributed by atoms with Gasteiger partial charge in [-0.2, -0.15) is 0 Å². The SMILES string of the molecule is O=C(CCOc1ccc(F)c(Br)c1)c1ccccc1. The smallest absolute Gasteiger partial charge is 0.166 e. The fourth-order valence-corrected chi connectivity index (χ4v) is 1.95. The molecule has 2 rings (SSSR count). The molecule has 19 heavy (non-hydrogen) atoms. The van der Waals surface area contributed by atoms with E-state index in [2.05, 4.69) is 15.9 Å². The van der Waals surface area contributed by atoms with Gasteiger partial charge in [-0.25, -0.2) is 4.39 Å². The molecule has 0 amide bonds. The zero-order chi connectivity index (χ0) is 13.7. The predicted molar refractivity (Wildman–Crippen MR) is 75.0 cm³/mol. The lowest BCUT2D eigenvalue weighted by molar-refractivity contribution is 0.0962. The average Bonchev–Trinajstić information content (AvgIpc) is 2.43.